The highest BCUT2D eigenvalue weighted by atomic mass is 35.5. The normalized spacial score (nSPS) is 17.8. The van der Waals surface area contributed by atoms with Crippen LogP contribution < -0.4 is 10.6 Å². The van der Waals surface area contributed by atoms with Gasteiger partial charge in [0, 0.05) is 18.5 Å². The lowest BCUT2D eigenvalue weighted by molar-refractivity contribution is -0.119. The van der Waals surface area contributed by atoms with E-state index in [2.05, 4.69) is 0 Å². The number of nitrogens with two attached hydrogens (primary N) is 1. The number of likely N-dealkylation sites (N-methyl/N-ethyl adjacent to an activating group) is 1. The zero-order chi connectivity index (χ0) is 15.0. The van der Waals surface area contributed by atoms with Gasteiger partial charge < -0.3 is 10.6 Å². The Morgan fingerprint density at radius 3 is 2.67 bits per heavy atom. The summed E-state index contributed by atoms with van der Waals surface area (Å²) in [5, 5.41) is 0.747. The first kappa shape index (κ1) is 14.1. The fraction of sp³-hybridized carbons (Fsp3) is 0.235. The van der Waals surface area contributed by atoms with Gasteiger partial charge in [0.1, 0.15) is 0 Å². The largest absolute Gasteiger partial charge is 0.320 e. The number of fused-ring (bicyclic) bond motifs is 1. The van der Waals surface area contributed by atoms with E-state index in [1.807, 2.05) is 42.5 Å². The smallest absolute Gasteiger partial charge is 0.243 e. The second-order valence-corrected chi connectivity index (χ2v) is 5.81. The van der Waals surface area contributed by atoms with E-state index in [0.29, 0.717) is 12.8 Å². The van der Waals surface area contributed by atoms with Gasteiger partial charge in [0.25, 0.3) is 0 Å². The molecule has 2 aromatic carbocycles. The second-order valence-electron chi connectivity index (χ2n) is 5.40. The van der Waals surface area contributed by atoms with Crippen LogP contribution in [-0.4, -0.2) is 19.0 Å². The van der Waals surface area contributed by atoms with Gasteiger partial charge in [0.15, 0.2) is 0 Å². The van der Waals surface area contributed by atoms with E-state index < -0.39 is 6.04 Å². The maximum absolute atomic E-state index is 12.1. The number of para-hydroxylation sites is 1. The Kier molecular flexibility index (Phi) is 3.70. The number of anilines is 1. The summed E-state index contributed by atoms with van der Waals surface area (Å²) in [6, 6.07) is 13.4. The molecule has 1 aliphatic rings. The van der Waals surface area contributed by atoms with Gasteiger partial charge in [-0.05, 0) is 29.2 Å². The molecule has 0 saturated carbocycles. The van der Waals surface area contributed by atoms with Gasteiger partial charge in [-0.25, -0.2) is 0 Å². The van der Waals surface area contributed by atoms with Gasteiger partial charge in [-0.3, -0.25) is 4.79 Å². The summed E-state index contributed by atoms with van der Waals surface area (Å²) in [7, 11) is 1.79. The van der Waals surface area contributed by atoms with Gasteiger partial charge in [0.2, 0.25) is 5.91 Å². The molecule has 0 aliphatic carbocycles. The zero-order valence-corrected chi connectivity index (χ0v) is 12.6. The minimum Gasteiger partial charge on any atom is -0.320 e. The van der Waals surface area contributed by atoms with E-state index in [1.165, 1.54) is 0 Å². The summed E-state index contributed by atoms with van der Waals surface area (Å²) in [5.41, 5.74) is 10.2. The lowest BCUT2D eigenvalue weighted by Gasteiger charge is -2.31. The molecule has 0 saturated heterocycles. The van der Waals surface area contributed by atoms with Crippen LogP contribution in [-0.2, 0) is 17.6 Å². The van der Waals surface area contributed by atoms with Crippen LogP contribution in [0.15, 0.2) is 42.5 Å². The molecule has 0 spiro atoms. The third-order valence-corrected chi connectivity index (χ3v) is 4.33. The number of rotatable bonds is 2. The van der Waals surface area contributed by atoms with Gasteiger partial charge in [-0.15, -0.1) is 0 Å². The van der Waals surface area contributed by atoms with Crippen LogP contribution in [0.25, 0.3) is 0 Å². The van der Waals surface area contributed by atoms with Crippen LogP contribution in [0.2, 0.25) is 5.02 Å². The molecule has 0 radical (unpaired) electrons. The highest BCUT2D eigenvalue weighted by Crippen LogP contribution is 2.32. The summed E-state index contributed by atoms with van der Waals surface area (Å²) in [6.07, 6.45) is 1.30. The molecule has 108 valence electrons. The molecule has 3 rings (SSSR count). The van der Waals surface area contributed by atoms with Gasteiger partial charge in [-0.1, -0.05) is 48.0 Å². The Bertz CT molecular complexity index is 699. The third kappa shape index (κ3) is 2.55. The van der Waals surface area contributed by atoms with Crippen LogP contribution in [0.5, 0.6) is 0 Å². The lowest BCUT2D eigenvalue weighted by Crippen LogP contribution is -2.47. The summed E-state index contributed by atoms with van der Waals surface area (Å²) in [5.74, 6) is -0.0332. The molecule has 1 atom stereocenters. The number of nitrogens with zero attached hydrogens (tertiary/aromatic N) is 1. The average molecular weight is 301 g/mol. The molecule has 2 N–H and O–H groups in total. The Balaban J connectivity index is 2.04. The van der Waals surface area contributed by atoms with E-state index in [0.717, 1.165) is 27.4 Å². The molecule has 21 heavy (non-hydrogen) atoms. The van der Waals surface area contributed by atoms with Crippen molar-refractivity contribution in [2.75, 3.05) is 11.9 Å². The Morgan fingerprint density at radius 2 is 1.90 bits per heavy atom. The maximum atomic E-state index is 12.1. The summed E-state index contributed by atoms with van der Waals surface area (Å²) < 4.78 is 0. The first-order chi connectivity index (χ1) is 10.1. The number of carbonyl (C=O) groups excluding carboxylic acids is 1. The van der Waals surface area contributed by atoms with Crippen molar-refractivity contribution in [2.45, 2.75) is 18.9 Å². The first-order valence-corrected chi connectivity index (χ1v) is 7.33. The van der Waals surface area contributed by atoms with E-state index in [9.17, 15) is 4.79 Å². The van der Waals surface area contributed by atoms with Crippen LogP contribution in [0.3, 0.4) is 0 Å². The average Bonchev–Trinajstić information content (AvgIpc) is 2.47. The molecule has 0 bridgehead atoms. The molecule has 0 aromatic heterocycles. The van der Waals surface area contributed by atoms with Crippen LogP contribution in [0.4, 0.5) is 5.69 Å². The number of halogens is 1. The van der Waals surface area contributed by atoms with Gasteiger partial charge in [0.05, 0.1) is 11.7 Å². The molecular formula is C17H17ClN2O. The molecule has 2 aromatic rings. The number of hydrogen-bond donors (Lipinski definition) is 1. The SMILES string of the molecule is CN1C(=O)[C@H](N)Cc2cccc(Cc3ccccc3Cl)c21. The number of carbonyl (C=O) groups is 1. The predicted molar refractivity (Wildman–Crippen MR) is 85.8 cm³/mol. The van der Waals surface area contributed by atoms with Crippen LogP contribution in [0, 0.1) is 0 Å². The molecule has 1 aliphatic heterocycles. The van der Waals surface area contributed by atoms with Crippen molar-refractivity contribution < 1.29 is 4.79 Å². The van der Waals surface area contributed by atoms with Crippen molar-refractivity contribution in [3.63, 3.8) is 0 Å². The molecule has 0 fully saturated rings. The summed E-state index contributed by atoms with van der Waals surface area (Å²) in [4.78, 5) is 13.8. The standard InChI is InChI=1S/C17H17ClN2O/c1-20-16-12(9-11-5-2-3-8-14(11)18)6-4-7-13(16)10-15(19)17(20)21/h2-8,15H,9-10,19H2,1H3/t15-/m1/s1. The number of hydrogen-bond acceptors (Lipinski definition) is 2. The molecule has 4 heteroatoms. The van der Waals surface area contributed by atoms with Gasteiger partial charge >= 0.3 is 0 Å². The van der Waals surface area contributed by atoms with E-state index in [4.69, 9.17) is 17.3 Å². The monoisotopic (exact) mass is 300 g/mol. The molecule has 0 unspecified atom stereocenters. The fourth-order valence-corrected chi connectivity index (χ4v) is 3.12. The van der Waals surface area contributed by atoms with E-state index >= 15 is 0 Å². The third-order valence-electron chi connectivity index (χ3n) is 3.96. The molecular weight excluding hydrogens is 284 g/mol. The maximum Gasteiger partial charge on any atom is 0.243 e. The van der Waals surface area contributed by atoms with Gasteiger partial charge in [-0.2, -0.15) is 0 Å². The molecule has 1 heterocycles. The van der Waals surface area contributed by atoms with Crippen molar-refractivity contribution >= 4 is 23.2 Å². The molecule has 1 amide bonds. The predicted octanol–water partition coefficient (Wildman–Crippen LogP) is 2.78. The number of amides is 1. The Morgan fingerprint density at radius 1 is 1.19 bits per heavy atom. The van der Waals surface area contributed by atoms with Crippen LogP contribution >= 0.6 is 11.6 Å². The van der Waals surface area contributed by atoms with Crippen molar-refractivity contribution in [3.05, 3.63) is 64.2 Å². The Labute approximate surface area is 129 Å². The van der Waals surface area contributed by atoms with E-state index in [-0.39, 0.29) is 5.91 Å². The fourth-order valence-electron chi connectivity index (χ4n) is 2.91. The van der Waals surface area contributed by atoms with Crippen molar-refractivity contribution in [2.24, 2.45) is 5.73 Å². The highest BCUT2D eigenvalue weighted by molar-refractivity contribution is 6.31. The van der Waals surface area contributed by atoms with Crippen molar-refractivity contribution in [1.82, 2.24) is 0 Å². The Hall–Kier alpha value is -1.84. The van der Waals surface area contributed by atoms with Crippen molar-refractivity contribution in [1.29, 1.82) is 0 Å². The van der Waals surface area contributed by atoms with Crippen molar-refractivity contribution in [3.8, 4) is 0 Å². The zero-order valence-electron chi connectivity index (χ0n) is 11.8. The minimum absolute atomic E-state index is 0.0332. The lowest BCUT2D eigenvalue weighted by atomic mass is 9.92. The second kappa shape index (κ2) is 5.51. The summed E-state index contributed by atoms with van der Waals surface area (Å²) in [6.45, 7) is 0. The summed E-state index contributed by atoms with van der Waals surface area (Å²) >= 11 is 6.25. The number of benzene rings is 2. The highest BCUT2D eigenvalue weighted by Gasteiger charge is 2.29. The van der Waals surface area contributed by atoms with E-state index in [1.54, 1.807) is 11.9 Å². The quantitative estimate of drug-likeness (QED) is 0.927. The first-order valence-electron chi connectivity index (χ1n) is 6.95. The van der Waals surface area contributed by atoms with Crippen LogP contribution in [0.1, 0.15) is 16.7 Å². The topological polar surface area (TPSA) is 46.3 Å². The minimum atomic E-state index is -0.446. The molecule has 3 nitrogen and oxygen atoms in total.